The van der Waals surface area contributed by atoms with E-state index in [0.717, 1.165) is 11.1 Å². The number of nitrogens with zero attached hydrogens (tertiary/aromatic N) is 3. The Hall–Kier alpha value is -4.14. The van der Waals surface area contributed by atoms with Gasteiger partial charge in [-0.05, 0) is 55.7 Å². The summed E-state index contributed by atoms with van der Waals surface area (Å²) in [5.74, 6) is 0.832. The van der Waals surface area contributed by atoms with Crippen molar-refractivity contribution in [1.82, 2.24) is 19.3 Å². The van der Waals surface area contributed by atoms with Gasteiger partial charge in [0, 0.05) is 19.3 Å². The topological polar surface area (TPSA) is 111 Å². The molecule has 0 saturated carbocycles. The number of hydrogen-bond acceptors (Lipinski definition) is 6. The number of carbonyl (C=O) groups is 1. The third-order valence-electron chi connectivity index (χ3n) is 5.79. The number of hydrogen-bond donors (Lipinski definition) is 2. The molecule has 0 aliphatic rings. The van der Waals surface area contributed by atoms with Crippen molar-refractivity contribution in [3.05, 3.63) is 75.1 Å². The van der Waals surface area contributed by atoms with Gasteiger partial charge in [-0.3, -0.25) is 19.4 Å². The lowest BCUT2D eigenvalue weighted by Crippen LogP contribution is -2.35. The number of aromatic nitrogens is 3. The van der Waals surface area contributed by atoms with Gasteiger partial charge in [0.2, 0.25) is 0 Å². The fourth-order valence-electron chi connectivity index (χ4n) is 4.02. The van der Waals surface area contributed by atoms with Gasteiger partial charge < -0.3 is 19.4 Å². The molecule has 34 heavy (non-hydrogen) atoms. The van der Waals surface area contributed by atoms with Crippen molar-refractivity contribution in [3.63, 3.8) is 0 Å². The van der Waals surface area contributed by atoms with Gasteiger partial charge in [-0.1, -0.05) is 12.1 Å². The molecule has 0 spiro atoms. The number of rotatable bonds is 7. The number of fused-ring (bicyclic) bond motifs is 2. The SMILES string of the molecule is CCNC(=O)c1cc2c(=O)n3cccc(C)c3nc2n(CCc2ccc(OC)c(OC)c2)c1=N. The molecule has 4 aromatic rings. The highest BCUT2D eigenvalue weighted by atomic mass is 16.5. The fraction of sp³-hybridized carbons (Fsp3) is 0.280. The Kier molecular flexibility index (Phi) is 6.36. The summed E-state index contributed by atoms with van der Waals surface area (Å²) in [6.07, 6.45) is 2.19. The fourth-order valence-corrected chi connectivity index (χ4v) is 4.02. The number of pyridine rings is 2. The van der Waals surface area contributed by atoms with Crippen LogP contribution in [0, 0.1) is 12.3 Å². The van der Waals surface area contributed by atoms with Gasteiger partial charge in [-0.2, -0.15) is 0 Å². The van der Waals surface area contributed by atoms with E-state index in [1.165, 1.54) is 10.5 Å². The Morgan fingerprint density at radius 2 is 1.88 bits per heavy atom. The molecule has 0 aliphatic heterocycles. The second-order valence-corrected chi connectivity index (χ2v) is 7.90. The van der Waals surface area contributed by atoms with Crippen molar-refractivity contribution < 1.29 is 14.3 Å². The maximum atomic E-state index is 13.4. The number of ether oxygens (including phenoxy) is 2. The first kappa shape index (κ1) is 23.0. The molecule has 0 aliphatic carbocycles. The van der Waals surface area contributed by atoms with Crippen LogP contribution in [0.15, 0.2) is 47.4 Å². The van der Waals surface area contributed by atoms with E-state index in [9.17, 15) is 9.59 Å². The van der Waals surface area contributed by atoms with Crippen molar-refractivity contribution in [2.24, 2.45) is 0 Å². The van der Waals surface area contributed by atoms with Crippen LogP contribution in [0.3, 0.4) is 0 Å². The molecular weight excluding hydrogens is 434 g/mol. The minimum atomic E-state index is -0.400. The molecule has 9 heteroatoms. The Morgan fingerprint density at radius 1 is 1.12 bits per heavy atom. The largest absolute Gasteiger partial charge is 0.493 e. The maximum absolute atomic E-state index is 13.4. The lowest BCUT2D eigenvalue weighted by molar-refractivity contribution is 0.0953. The van der Waals surface area contributed by atoms with E-state index in [4.69, 9.17) is 19.9 Å². The summed E-state index contributed by atoms with van der Waals surface area (Å²) in [7, 11) is 3.15. The van der Waals surface area contributed by atoms with E-state index in [1.807, 2.05) is 31.2 Å². The van der Waals surface area contributed by atoms with Gasteiger partial charge in [-0.15, -0.1) is 0 Å². The Morgan fingerprint density at radius 3 is 2.59 bits per heavy atom. The molecule has 0 radical (unpaired) electrons. The summed E-state index contributed by atoms with van der Waals surface area (Å²) in [4.78, 5) is 30.8. The summed E-state index contributed by atoms with van der Waals surface area (Å²) >= 11 is 0. The normalized spacial score (nSPS) is 11.1. The maximum Gasteiger partial charge on any atom is 0.267 e. The smallest absolute Gasteiger partial charge is 0.267 e. The van der Waals surface area contributed by atoms with Crippen molar-refractivity contribution in [2.75, 3.05) is 20.8 Å². The monoisotopic (exact) mass is 461 g/mol. The van der Waals surface area contributed by atoms with Crippen molar-refractivity contribution in [2.45, 2.75) is 26.8 Å². The number of nitrogens with one attached hydrogen (secondary N) is 2. The zero-order chi connectivity index (χ0) is 24.4. The predicted molar refractivity (Wildman–Crippen MR) is 129 cm³/mol. The molecule has 2 N–H and O–H groups in total. The van der Waals surface area contributed by atoms with E-state index in [1.54, 1.807) is 38.0 Å². The quantitative estimate of drug-likeness (QED) is 0.411. The molecule has 1 aromatic carbocycles. The summed E-state index contributed by atoms with van der Waals surface area (Å²) in [5, 5.41) is 11.8. The molecule has 4 rings (SSSR count). The first-order chi connectivity index (χ1) is 16.4. The highest BCUT2D eigenvalue weighted by Crippen LogP contribution is 2.28. The summed E-state index contributed by atoms with van der Waals surface area (Å²) in [6, 6.07) is 10.8. The van der Waals surface area contributed by atoms with Crippen LogP contribution in [-0.4, -0.2) is 40.6 Å². The molecule has 3 aromatic heterocycles. The summed E-state index contributed by atoms with van der Waals surface area (Å²) in [5.41, 5.74) is 2.54. The van der Waals surface area contributed by atoms with Gasteiger partial charge >= 0.3 is 0 Å². The minimum Gasteiger partial charge on any atom is -0.493 e. The van der Waals surface area contributed by atoms with Gasteiger partial charge in [0.05, 0.1) is 25.2 Å². The van der Waals surface area contributed by atoms with Gasteiger partial charge in [0.15, 0.2) is 11.5 Å². The average molecular weight is 462 g/mol. The van der Waals surface area contributed by atoms with Crippen LogP contribution in [0.5, 0.6) is 11.5 Å². The molecular formula is C25H27N5O4. The van der Waals surface area contributed by atoms with Crippen molar-refractivity contribution >= 4 is 22.6 Å². The molecule has 1 amide bonds. The van der Waals surface area contributed by atoms with Crippen LogP contribution in [0.25, 0.3) is 16.7 Å². The lowest BCUT2D eigenvalue weighted by Gasteiger charge is -2.16. The molecule has 0 fully saturated rings. The number of carbonyl (C=O) groups excluding carboxylic acids is 1. The average Bonchev–Trinajstić information content (AvgIpc) is 2.84. The van der Waals surface area contributed by atoms with Gasteiger partial charge in [0.25, 0.3) is 11.5 Å². The van der Waals surface area contributed by atoms with Crippen LogP contribution in [0.1, 0.15) is 28.4 Å². The second-order valence-electron chi connectivity index (χ2n) is 7.90. The summed E-state index contributed by atoms with van der Waals surface area (Å²) in [6.45, 7) is 4.44. The van der Waals surface area contributed by atoms with Crippen molar-refractivity contribution in [3.8, 4) is 11.5 Å². The minimum absolute atomic E-state index is 0.00348. The molecule has 9 nitrogen and oxygen atoms in total. The Bertz CT molecular complexity index is 1520. The van der Waals surface area contributed by atoms with E-state index in [2.05, 4.69) is 5.32 Å². The molecule has 0 atom stereocenters. The third kappa shape index (κ3) is 4.00. The Balaban J connectivity index is 1.91. The van der Waals surface area contributed by atoms with E-state index in [0.29, 0.717) is 42.3 Å². The molecule has 0 saturated heterocycles. The lowest BCUT2D eigenvalue weighted by atomic mass is 10.1. The van der Waals surface area contributed by atoms with Gasteiger partial charge in [-0.25, -0.2) is 4.98 Å². The zero-order valence-electron chi connectivity index (χ0n) is 19.6. The van der Waals surface area contributed by atoms with Crippen LogP contribution in [-0.2, 0) is 13.0 Å². The molecule has 3 heterocycles. The highest BCUT2D eigenvalue weighted by Gasteiger charge is 2.18. The molecule has 0 unspecified atom stereocenters. The summed E-state index contributed by atoms with van der Waals surface area (Å²) < 4.78 is 13.8. The van der Waals surface area contributed by atoms with E-state index in [-0.39, 0.29) is 22.0 Å². The van der Waals surface area contributed by atoms with Crippen molar-refractivity contribution in [1.29, 1.82) is 5.41 Å². The van der Waals surface area contributed by atoms with Crippen LogP contribution < -0.4 is 25.8 Å². The van der Waals surface area contributed by atoms with Crippen LogP contribution in [0.2, 0.25) is 0 Å². The first-order valence-electron chi connectivity index (χ1n) is 11.0. The highest BCUT2D eigenvalue weighted by molar-refractivity contribution is 5.96. The number of benzene rings is 1. The number of aryl methyl sites for hydroxylation is 3. The van der Waals surface area contributed by atoms with E-state index < -0.39 is 5.91 Å². The number of amides is 1. The van der Waals surface area contributed by atoms with Crippen LogP contribution in [0.4, 0.5) is 0 Å². The standard InChI is InChI=1S/C25H27N5O4/c1-5-27-24(31)17-14-18-23(28-22-15(2)7-6-11-30(22)25(18)32)29(21(17)26)12-10-16-8-9-19(33-3)20(13-16)34-4/h6-9,11,13-14,26H,5,10,12H2,1-4H3,(H,27,31). The molecule has 0 bridgehead atoms. The Labute approximate surface area is 196 Å². The first-order valence-corrected chi connectivity index (χ1v) is 11.0. The zero-order valence-corrected chi connectivity index (χ0v) is 19.6. The third-order valence-corrected chi connectivity index (χ3v) is 5.79. The van der Waals surface area contributed by atoms with Crippen LogP contribution >= 0.6 is 0 Å². The van der Waals surface area contributed by atoms with E-state index >= 15 is 0 Å². The van der Waals surface area contributed by atoms with Gasteiger partial charge in [0.1, 0.15) is 16.8 Å². The number of methoxy groups -OCH3 is 2. The predicted octanol–water partition coefficient (Wildman–Crippen LogP) is 2.45. The second kappa shape index (κ2) is 9.38. The molecule has 176 valence electrons.